The topological polar surface area (TPSA) is 79.4 Å². The molecular formula is C18H16Cl2F3N3O3S. The molecule has 1 atom stereocenters. The summed E-state index contributed by atoms with van der Waals surface area (Å²) in [5.41, 5.74) is -0.957. The van der Waals surface area contributed by atoms with E-state index in [1.165, 1.54) is 24.3 Å². The minimum Gasteiger partial charge on any atom is -0.349 e. The third kappa shape index (κ3) is 4.88. The van der Waals surface area contributed by atoms with Crippen molar-refractivity contribution in [2.24, 2.45) is 0 Å². The van der Waals surface area contributed by atoms with Gasteiger partial charge in [-0.2, -0.15) is 17.5 Å². The molecule has 0 radical (unpaired) electrons. The van der Waals surface area contributed by atoms with Crippen molar-refractivity contribution in [2.75, 3.05) is 6.54 Å². The smallest absolute Gasteiger partial charge is 0.349 e. The van der Waals surface area contributed by atoms with Crippen LogP contribution in [0, 0.1) is 0 Å². The summed E-state index contributed by atoms with van der Waals surface area (Å²) < 4.78 is 65.0. The highest BCUT2D eigenvalue weighted by Crippen LogP contribution is 2.31. The molecule has 3 rings (SSSR count). The van der Waals surface area contributed by atoms with Gasteiger partial charge in [-0.05, 0) is 43.2 Å². The van der Waals surface area contributed by atoms with E-state index in [0.717, 1.165) is 10.4 Å². The van der Waals surface area contributed by atoms with Crippen LogP contribution in [-0.4, -0.2) is 36.2 Å². The minimum atomic E-state index is -4.58. The zero-order chi connectivity index (χ0) is 22.1. The summed E-state index contributed by atoms with van der Waals surface area (Å²) >= 11 is 11.6. The molecule has 1 aliphatic heterocycles. The molecule has 0 bridgehead atoms. The number of halogens is 5. The Bertz CT molecular complexity index is 1050. The maximum atomic E-state index is 12.9. The van der Waals surface area contributed by atoms with Crippen LogP contribution in [0.15, 0.2) is 41.4 Å². The summed E-state index contributed by atoms with van der Waals surface area (Å²) in [6, 6.07) is 5.38. The van der Waals surface area contributed by atoms with Gasteiger partial charge in [-0.25, -0.2) is 8.42 Å². The van der Waals surface area contributed by atoms with Crippen LogP contribution in [0.1, 0.15) is 24.1 Å². The van der Waals surface area contributed by atoms with Gasteiger partial charge in [0.25, 0.3) is 0 Å². The van der Waals surface area contributed by atoms with Crippen LogP contribution in [0.5, 0.6) is 0 Å². The first kappa shape index (κ1) is 22.8. The van der Waals surface area contributed by atoms with Gasteiger partial charge < -0.3 is 5.32 Å². The largest absolute Gasteiger partial charge is 0.417 e. The Labute approximate surface area is 181 Å². The first-order valence-corrected chi connectivity index (χ1v) is 11.0. The summed E-state index contributed by atoms with van der Waals surface area (Å²) in [7, 11) is -3.92. The number of carbonyl (C=O) groups is 1. The number of hydrogen-bond donors (Lipinski definition) is 1. The molecule has 1 N–H and O–H groups in total. The fourth-order valence-electron chi connectivity index (χ4n) is 3.07. The molecule has 162 valence electrons. The van der Waals surface area contributed by atoms with Crippen molar-refractivity contribution in [1.29, 1.82) is 0 Å². The lowest BCUT2D eigenvalue weighted by atomic mass is 10.2. The summed E-state index contributed by atoms with van der Waals surface area (Å²) in [6.07, 6.45) is -3.16. The zero-order valence-electron chi connectivity index (χ0n) is 15.3. The SMILES string of the molecule is O=C(NCc1ncc(C(F)(F)F)cc1Cl)C1CCCN1S(=O)(=O)c1ccc(Cl)cc1. The van der Waals surface area contributed by atoms with Crippen molar-refractivity contribution in [3.8, 4) is 0 Å². The van der Waals surface area contributed by atoms with Gasteiger partial charge in [0.2, 0.25) is 15.9 Å². The second-order valence-electron chi connectivity index (χ2n) is 6.60. The standard InChI is InChI=1S/C18H16Cl2F3N3O3S/c19-12-3-5-13(6-4-12)30(28,29)26-7-1-2-16(26)17(27)25-10-15-14(20)8-11(9-24-15)18(21,22)23/h3-6,8-9,16H,1-2,7,10H2,(H,25,27). The Balaban J connectivity index is 1.71. The Morgan fingerprint density at radius 3 is 2.50 bits per heavy atom. The Kier molecular flexibility index (Phi) is 6.61. The van der Waals surface area contributed by atoms with Crippen LogP contribution < -0.4 is 5.32 Å². The monoisotopic (exact) mass is 481 g/mol. The number of nitrogens with zero attached hydrogens (tertiary/aromatic N) is 2. The van der Waals surface area contributed by atoms with Crippen molar-refractivity contribution >= 4 is 39.1 Å². The first-order valence-electron chi connectivity index (χ1n) is 8.77. The van der Waals surface area contributed by atoms with Gasteiger partial charge in [-0.3, -0.25) is 9.78 Å². The van der Waals surface area contributed by atoms with Gasteiger partial charge in [-0.1, -0.05) is 23.2 Å². The molecule has 6 nitrogen and oxygen atoms in total. The molecule has 2 heterocycles. The highest BCUT2D eigenvalue weighted by atomic mass is 35.5. The molecule has 2 aromatic rings. The Morgan fingerprint density at radius 1 is 1.23 bits per heavy atom. The molecule has 1 fully saturated rings. The van der Waals surface area contributed by atoms with Gasteiger partial charge in [-0.15, -0.1) is 0 Å². The summed E-state index contributed by atoms with van der Waals surface area (Å²) in [5.74, 6) is -0.581. The number of pyridine rings is 1. The average Bonchev–Trinajstić information content (AvgIpc) is 3.17. The number of hydrogen-bond acceptors (Lipinski definition) is 4. The van der Waals surface area contributed by atoms with Crippen LogP contribution in [-0.2, 0) is 27.5 Å². The van der Waals surface area contributed by atoms with E-state index in [1.807, 2.05) is 0 Å². The quantitative estimate of drug-likeness (QED) is 0.702. The normalized spacial score (nSPS) is 17.8. The van der Waals surface area contributed by atoms with Crippen LogP contribution in [0.25, 0.3) is 0 Å². The highest BCUT2D eigenvalue weighted by molar-refractivity contribution is 7.89. The van der Waals surface area contributed by atoms with Crippen molar-refractivity contribution in [3.63, 3.8) is 0 Å². The van der Waals surface area contributed by atoms with E-state index in [0.29, 0.717) is 24.1 Å². The van der Waals surface area contributed by atoms with Crippen molar-refractivity contribution in [1.82, 2.24) is 14.6 Å². The fraction of sp³-hybridized carbons (Fsp3) is 0.333. The van der Waals surface area contributed by atoms with Crippen LogP contribution in [0.3, 0.4) is 0 Å². The van der Waals surface area contributed by atoms with Crippen LogP contribution in [0.2, 0.25) is 10.0 Å². The van der Waals surface area contributed by atoms with E-state index < -0.39 is 33.7 Å². The van der Waals surface area contributed by atoms with Gasteiger partial charge in [0, 0.05) is 17.8 Å². The second kappa shape index (κ2) is 8.70. The second-order valence-corrected chi connectivity index (χ2v) is 9.33. The molecule has 30 heavy (non-hydrogen) atoms. The average molecular weight is 482 g/mol. The zero-order valence-corrected chi connectivity index (χ0v) is 17.6. The summed E-state index contributed by atoms with van der Waals surface area (Å²) in [6.45, 7) is -0.0660. The minimum absolute atomic E-state index is 0.0130. The number of benzene rings is 1. The number of sulfonamides is 1. The molecule has 0 aliphatic carbocycles. The van der Waals surface area contributed by atoms with Crippen molar-refractivity contribution in [2.45, 2.75) is 36.5 Å². The lowest BCUT2D eigenvalue weighted by Crippen LogP contribution is -2.45. The number of nitrogens with one attached hydrogen (secondary N) is 1. The summed E-state index contributed by atoms with van der Waals surface area (Å²) in [4.78, 5) is 16.3. The molecule has 1 saturated heterocycles. The van der Waals surface area contributed by atoms with Crippen LogP contribution >= 0.6 is 23.2 Å². The molecule has 1 aliphatic rings. The molecule has 1 amide bonds. The van der Waals surface area contributed by atoms with Gasteiger partial charge >= 0.3 is 6.18 Å². The van der Waals surface area contributed by atoms with Crippen LogP contribution in [0.4, 0.5) is 13.2 Å². The number of carbonyl (C=O) groups excluding carboxylic acids is 1. The third-order valence-corrected chi connectivity index (χ3v) is 7.10. The van der Waals surface area contributed by atoms with E-state index in [1.54, 1.807) is 0 Å². The number of aromatic nitrogens is 1. The number of rotatable bonds is 5. The molecule has 1 aromatic heterocycles. The first-order chi connectivity index (χ1) is 14.0. The molecule has 1 aromatic carbocycles. The molecule has 12 heteroatoms. The lowest BCUT2D eigenvalue weighted by Gasteiger charge is -2.23. The molecule has 0 spiro atoms. The summed E-state index contributed by atoms with van der Waals surface area (Å²) in [5, 5.41) is 2.64. The number of alkyl halides is 3. The predicted molar refractivity (Wildman–Crippen MR) is 104 cm³/mol. The van der Waals surface area contributed by atoms with Gasteiger partial charge in [0.1, 0.15) is 6.04 Å². The van der Waals surface area contributed by atoms with E-state index >= 15 is 0 Å². The van der Waals surface area contributed by atoms with E-state index in [9.17, 15) is 26.4 Å². The lowest BCUT2D eigenvalue weighted by molar-refractivity contribution is -0.137. The fourth-order valence-corrected chi connectivity index (χ4v) is 5.09. The maximum Gasteiger partial charge on any atom is 0.417 e. The predicted octanol–water partition coefficient (Wildman–Crippen LogP) is 3.88. The third-order valence-electron chi connectivity index (χ3n) is 4.60. The molecular weight excluding hydrogens is 466 g/mol. The maximum absolute atomic E-state index is 12.9. The van der Waals surface area contributed by atoms with E-state index in [4.69, 9.17) is 23.2 Å². The van der Waals surface area contributed by atoms with Gasteiger partial charge in [0.05, 0.1) is 27.7 Å². The highest BCUT2D eigenvalue weighted by Gasteiger charge is 2.39. The van der Waals surface area contributed by atoms with Gasteiger partial charge in [0.15, 0.2) is 0 Å². The molecule has 1 unspecified atom stereocenters. The molecule has 0 saturated carbocycles. The van der Waals surface area contributed by atoms with Crippen molar-refractivity contribution in [3.05, 3.63) is 57.8 Å². The number of amides is 1. The van der Waals surface area contributed by atoms with E-state index in [2.05, 4.69) is 10.3 Å². The Morgan fingerprint density at radius 2 is 1.90 bits per heavy atom. The van der Waals surface area contributed by atoms with E-state index in [-0.39, 0.29) is 28.7 Å². The Hall–Kier alpha value is -1.88. The van der Waals surface area contributed by atoms with Crippen molar-refractivity contribution < 1.29 is 26.4 Å².